The second-order valence-corrected chi connectivity index (χ2v) is 3.45. The van der Waals surface area contributed by atoms with Crippen LogP contribution in [0.15, 0.2) is 18.5 Å². The van der Waals surface area contributed by atoms with E-state index in [1.54, 1.807) is 6.20 Å². The Hall–Kier alpha value is -1.36. The van der Waals surface area contributed by atoms with E-state index in [1.165, 1.54) is 17.4 Å². The first-order valence-corrected chi connectivity index (χ1v) is 4.34. The zero-order valence-corrected chi connectivity index (χ0v) is 7.38. The van der Waals surface area contributed by atoms with Crippen molar-refractivity contribution in [2.75, 3.05) is 0 Å². The quantitative estimate of drug-likeness (QED) is 0.696. The normalized spacial score (nSPS) is 10.3. The van der Waals surface area contributed by atoms with Crippen molar-refractivity contribution in [1.82, 2.24) is 15.2 Å². The van der Waals surface area contributed by atoms with Crippen molar-refractivity contribution in [2.45, 2.75) is 0 Å². The molecule has 0 aliphatic heterocycles. The number of nitrogens with zero attached hydrogens (tertiary/aromatic N) is 3. The fourth-order valence-electron chi connectivity index (χ4n) is 0.899. The molecule has 3 nitrogen and oxygen atoms in total. The molecule has 2 aromatic rings. The molecule has 0 N–H and O–H groups in total. The Bertz CT molecular complexity index is 427. The molecule has 0 fully saturated rings. The molecular weight excluding hydrogens is 189 g/mol. The number of rotatable bonds is 1. The average Bonchev–Trinajstić information content (AvgIpc) is 2.52. The van der Waals surface area contributed by atoms with Gasteiger partial charge in [0.1, 0.15) is 15.8 Å². The summed E-state index contributed by atoms with van der Waals surface area (Å²) in [6.07, 6.45) is 2.69. The Balaban J connectivity index is 2.46. The minimum atomic E-state index is -0.377. The van der Waals surface area contributed by atoms with Crippen molar-refractivity contribution in [3.63, 3.8) is 0 Å². The maximum atomic E-state index is 12.7. The lowest BCUT2D eigenvalue weighted by atomic mass is 10.3. The smallest absolute Gasteiger partial charge is 0.149 e. The van der Waals surface area contributed by atoms with Crippen molar-refractivity contribution in [3.8, 4) is 10.6 Å². The van der Waals surface area contributed by atoms with E-state index in [1.807, 2.05) is 0 Å². The number of halogens is 1. The summed E-state index contributed by atoms with van der Waals surface area (Å²) in [7, 11) is 0. The van der Waals surface area contributed by atoms with Gasteiger partial charge in [-0.25, -0.2) is 4.39 Å². The average molecular weight is 194 g/mol. The molecule has 0 aromatic carbocycles. The van der Waals surface area contributed by atoms with Gasteiger partial charge in [-0.1, -0.05) is 11.3 Å². The molecule has 0 atom stereocenters. The van der Waals surface area contributed by atoms with E-state index < -0.39 is 0 Å². The standard InChI is InChI=1S/C8H5FN3S/c1-5-11-12-8(13-5)6-2-7(9)4-10-3-6/h2-4H,1H2. The van der Waals surface area contributed by atoms with Crippen LogP contribution in [0.3, 0.4) is 0 Å². The van der Waals surface area contributed by atoms with E-state index >= 15 is 0 Å². The summed E-state index contributed by atoms with van der Waals surface area (Å²) < 4.78 is 12.7. The number of aromatic nitrogens is 3. The Morgan fingerprint density at radius 3 is 2.77 bits per heavy atom. The van der Waals surface area contributed by atoms with Crippen LogP contribution >= 0.6 is 11.3 Å². The summed E-state index contributed by atoms with van der Waals surface area (Å²) in [4.78, 5) is 3.71. The first-order valence-electron chi connectivity index (χ1n) is 3.52. The summed E-state index contributed by atoms with van der Waals surface area (Å²) in [6, 6.07) is 1.37. The van der Waals surface area contributed by atoms with Crippen LogP contribution in [0.1, 0.15) is 5.01 Å². The van der Waals surface area contributed by atoms with Crippen LogP contribution < -0.4 is 0 Å². The van der Waals surface area contributed by atoms with E-state index in [4.69, 9.17) is 0 Å². The molecular formula is C8H5FN3S. The first-order chi connectivity index (χ1) is 6.25. The third kappa shape index (κ3) is 1.70. The van der Waals surface area contributed by atoms with E-state index in [9.17, 15) is 4.39 Å². The highest BCUT2D eigenvalue weighted by atomic mass is 32.1. The van der Waals surface area contributed by atoms with E-state index in [0.717, 1.165) is 6.20 Å². The summed E-state index contributed by atoms with van der Waals surface area (Å²) in [5.74, 6) is -0.377. The SMILES string of the molecule is [CH2]c1nnc(-c2cncc(F)c2)s1. The largest absolute Gasteiger partial charge is 0.261 e. The van der Waals surface area contributed by atoms with Crippen LogP contribution in [-0.4, -0.2) is 15.2 Å². The van der Waals surface area contributed by atoms with Crippen molar-refractivity contribution in [3.05, 3.63) is 36.2 Å². The van der Waals surface area contributed by atoms with Gasteiger partial charge in [0.15, 0.2) is 0 Å². The molecule has 2 aromatic heterocycles. The Morgan fingerprint density at radius 2 is 2.15 bits per heavy atom. The highest BCUT2D eigenvalue weighted by Crippen LogP contribution is 2.22. The molecule has 0 spiro atoms. The molecule has 0 aliphatic carbocycles. The molecule has 1 radical (unpaired) electrons. The lowest BCUT2D eigenvalue weighted by Gasteiger charge is -1.92. The van der Waals surface area contributed by atoms with Crippen molar-refractivity contribution in [1.29, 1.82) is 0 Å². The van der Waals surface area contributed by atoms with Gasteiger partial charge in [0.2, 0.25) is 0 Å². The fraction of sp³-hybridized carbons (Fsp3) is 0. The molecule has 0 aliphatic rings. The molecule has 5 heteroatoms. The topological polar surface area (TPSA) is 38.7 Å². The molecule has 2 rings (SSSR count). The van der Waals surface area contributed by atoms with Gasteiger partial charge in [0, 0.05) is 18.7 Å². The number of pyridine rings is 1. The summed E-state index contributed by atoms with van der Waals surface area (Å²) >= 11 is 1.31. The number of hydrogen-bond acceptors (Lipinski definition) is 4. The van der Waals surface area contributed by atoms with E-state index in [-0.39, 0.29) is 5.82 Å². The lowest BCUT2D eigenvalue weighted by Crippen LogP contribution is -1.81. The van der Waals surface area contributed by atoms with Crippen LogP contribution in [-0.2, 0) is 0 Å². The van der Waals surface area contributed by atoms with Gasteiger partial charge in [0.25, 0.3) is 0 Å². The maximum Gasteiger partial charge on any atom is 0.149 e. The van der Waals surface area contributed by atoms with Crippen molar-refractivity contribution in [2.24, 2.45) is 0 Å². The van der Waals surface area contributed by atoms with Gasteiger partial charge < -0.3 is 0 Å². The van der Waals surface area contributed by atoms with Crippen molar-refractivity contribution < 1.29 is 4.39 Å². The summed E-state index contributed by atoms with van der Waals surface area (Å²) in [6.45, 7) is 3.62. The van der Waals surface area contributed by atoms with Crippen LogP contribution in [0.2, 0.25) is 0 Å². The fourth-order valence-corrected chi connectivity index (χ4v) is 1.52. The monoisotopic (exact) mass is 194 g/mol. The zero-order valence-electron chi connectivity index (χ0n) is 6.57. The van der Waals surface area contributed by atoms with Crippen molar-refractivity contribution >= 4 is 11.3 Å². The zero-order chi connectivity index (χ0) is 9.26. The second-order valence-electron chi connectivity index (χ2n) is 2.39. The minimum Gasteiger partial charge on any atom is -0.261 e. The number of hydrogen-bond donors (Lipinski definition) is 0. The van der Waals surface area contributed by atoms with Gasteiger partial charge in [-0.15, -0.1) is 10.2 Å². The highest BCUT2D eigenvalue weighted by Gasteiger charge is 2.04. The first kappa shape index (κ1) is 8.25. The molecule has 65 valence electrons. The van der Waals surface area contributed by atoms with Crippen LogP contribution in [0.5, 0.6) is 0 Å². The molecule has 2 heterocycles. The third-order valence-corrected chi connectivity index (χ3v) is 2.25. The predicted octanol–water partition coefficient (Wildman–Crippen LogP) is 1.92. The molecule has 13 heavy (non-hydrogen) atoms. The molecule has 0 unspecified atom stereocenters. The molecule has 0 amide bonds. The van der Waals surface area contributed by atoms with Gasteiger partial charge in [-0.05, 0) is 6.07 Å². The molecule has 0 saturated carbocycles. The second kappa shape index (κ2) is 3.18. The Labute approximate surface area is 78.3 Å². The van der Waals surface area contributed by atoms with Crippen LogP contribution in [0.4, 0.5) is 4.39 Å². The predicted molar refractivity (Wildman–Crippen MR) is 47.6 cm³/mol. The summed E-state index contributed by atoms with van der Waals surface area (Å²) in [5, 5.41) is 8.80. The van der Waals surface area contributed by atoms with Crippen LogP contribution in [0.25, 0.3) is 10.6 Å². The van der Waals surface area contributed by atoms with Gasteiger partial charge in [-0.3, -0.25) is 4.98 Å². The van der Waals surface area contributed by atoms with Gasteiger partial charge in [-0.2, -0.15) is 0 Å². The lowest BCUT2D eigenvalue weighted by molar-refractivity contribution is 0.622. The van der Waals surface area contributed by atoms with Gasteiger partial charge in [0.05, 0.1) is 6.20 Å². The van der Waals surface area contributed by atoms with E-state index in [2.05, 4.69) is 22.1 Å². The minimum absolute atomic E-state index is 0.377. The molecule has 0 saturated heterocycles. The Kier molecular flexibility index (Phi) is 2.02. The highest BCUT2D eigenvalue weighted by molar-refractivity contribution is 7.14. The Morgan fingerprint density at radius 1 is 1.31 bits per heavy atom. The maximum absolute atomic E-state index is 12.7. The van der Waals surface area contributed by atoms with E-state index in [0.29, 0.717) is 15.6 Å². The summed E-state index contributed by atoms with van der Waals surface area (Å²) in [5.41, 5.74) is 0.632. The molecule has 0 bridgehead atoms. The third-order valence-electron chi connectivity index (χ3n) is 1.42. The van der Waals surface area contributed by atoms with Gasteiger partial charge >= 0.3 is 0 Å². The van der Waals surface area contributed by atoms with Crippen LogP contribution in [0, 0.1) is 12.7 Å².